The van der Waals surface area contributed by atoms with Crippen LogP contribution in [0.15, 0.2) is 18.2 Å². The zero-order valence-electron chi connectivity index (χ0n) is 10.2. The van der Waals surface area contributed by atoms with E-state index in [4.69, 9.17) is 21.1 Å². The lowest BCUT2D eigenvalue weighted by Gasteiger charge is -2.12. The molecule has 0 bridgehead atoms. The first-order chi connectivity index (χ1) is 8.58. The van der Waals surface area contributed by atoms with Crippen molar-refractivity contribution >= 4 is 23.6 Å². The number of benzene rings is 1. The second-order valence-electron chi connectivity index (χ2n) is 3.53. The van der Waals surface area contributed by atoms with Gasteiger partial charge in [-0.25, -0.2) is 0 Å². The Labute approximate surface area is 111 Å². The van der Waals surface area contributed by atoms with Crippen LogP contribution in [0.5, 0.6) is 11.5 Å². The van der Waals surface area contributed by atoms with Gasteiger partial charge >= 0.3 is 0 Å². The highest BCUT2D eigenvalue weighted by molar-refractivity contribution is 6.32. The second kappa shape index (κ2) is 6.91. The summed E-state index contributed by atoms with van der Waals surface area (Å²) >= 11 is 6.06. The van der Waals surface area contributed by atoms with Gasteiger partial charge in [0.15, 0.2) is 11.5 Å². The first-order valence-electron chi connectivity index (χ1n) is 5.47. The third-order valence-corrected chi connectivity index (χ3v) is 2.39. The van der Waals surface area contributed by atoms with Gasteiger partial charge in [-0.3, -0.25) is 0 Å². The molecule has 0 radical (unpaired) electrons. The molecule has 0 atom stereocenters. The number of carbonyl (C=O) groups excluding carboxylic acids is 1. The maximum atomic E-state index is 10.3. The molecule has 5 heteroatoms. The van der Waals surface area contributed by atoms with Crippen LogP contribution in [0.25, 0.3) is 6.08 Å². The number of carboxylic acids is 1. The highest BCUT2D eigenvalue weighted by Gasteiger charge is 2.10. The van der Waals surface area contributed by atoms with Crippen LogP contribution in [0.4, 0.5) is 0 Å². The molecule has 0 aliphatic carbocycles. The molecule has 0 aliphatic rings. The SMILES string of the molecule is CCCOc1c(Cl)cc(/C=C/C(=O)[O-])cc1OC. The predicted octanol–water partition coefficient (Wildman–Crippen LogP) is 1.90. The molecule has 0 saturated heterocycles. The minimum Gasteiger partial charge on any atom is -0.545 e. The number of carbonyl (C=O) groups is 1. The van der Waals surface area contributed by atoms with E-state index in [-0.39, 0.29) is 0 Å². The van der Waals surface area contributed by atoms with E-state index in [0.29, 0.717) is 28.7 Å². The summed E-state index contributed by atoms with van der Waals surface area (Å²) in [6.45, 7) is 2.52. The fourth-order valence-corrected chi connectivity index (χ4v) is 1.62. The lowest BCUT2D eigenvalue weighted by molar-refractivity contribution is -0.297. The number of halogens is 1. The van der Waals surface area contributed by atoms with Crippen molar-refractivity contribution in [1.82, 2.24) is 0 Å². The molecule has 4 nitrogen and oxygen atoms in total. The van der Waals surface area contributed by atoms with Crippen LogP contribution in [0, 0.1) is 0 Å². The van der Waals surface area contributed by atoms with E-state index in [2.05, 4.69) is 0 Å². The Bertz CT molecular complexity index is 455. The number of ether oxygens (including phenoxy) is 2. The monoisotopic (exact) mass is 269 g/mol. The molecule has 1 rings (SSSR count). The topological polar surface area (TPSA) is 58.6 Å². The second-order valence-corrected chi connectivity index (χ2v) is 3.94. The molecule has 0 N–H and O–H groups in total. The lowest BCUT2D eigenvalue weighted by atomic mass is 10.2. The van der Waals surface area contributed by atoms with Gasteiger partial charge in [-0.1, -0.05) is 24.6 Å². The molecule has 18 heavy (non-hydrogen) atoms. The third-order valence-electron chi connectivity index (χ3n) is 2.11. The number of rotatable bonds is 6. The van der Waals surface area contributed by atoms with Gasteiger partial charge in [0.05, 0.1) is 24.7 Å². The summed E-state index contributed by atoms with van der Waals surface area (Å²) in [4.78, 5) is 10.3. The Hall–Kier alpha value is -1.68. The Morgan fingerprint density at radius 2 is 2.22 bits per heavy atom. The molecule has 0 heterocycles. The standard InChI is InChI=1S/C13H15ClO4/c1-3-6-18-13-10(14)7-9(4-5-12(15)16)8-11(13)17-2/h4-5,7-8H,3,6H2,1-2H3,(H,15,16)/p-1/b5-4+. The van der Waals surface area contributed by atoms with E-state index in [1.807, 2.05) is 6.92 Å². The molecule has 0 spiro atoms. The Kier molecular flexibility index (Phi) is 5.52. The number of aliphatic carboxylic acids is 1. The van der Waals surface area contributed by atoms with E-state index in [1.165, 1.54) is 13.2 Å². The molecule has 0 unspecified atom stereocenters. The van der Waals surface area contributed by atoms with Gasteiger partial charge in [0.1, 0.15) is 0 Å². The fourth-order valence-electron chi connectivity index (χ4n) is 1.34. The highest BCUT2D eigenvalue weighted by atomic mass is 35.5. The third kappa shape index (κ3) is 3.96. The smallest absolute Gasteiger partial charge is 0.179 e. The Morgan fingerprint density at radius 3 is 2.78 bits per heavy atom. The largest absolute Gasteiger partial charge is 0.545 e. The summed E-state index contributed by atoms with van der Waals surface area (Å²) in [5, 5.41) is 10.7. The zero-order chi connectivity index (χ0) is 13.5. The summed E-state index contributed by atoms with van der Waals surface area (Å²) in [5.41, 5.74) is 0.602. The van der Waals surface area contributed by atoms with Crippen LogP contribution in [0.1, 0.15) is 18.9 Å². The summed E-state index contributed by atoms with van der Waals surface area (Å²) in [7, 11) is 1.50. The van der Waals surface area contributed by atoms with E-state index in [0.717, 1.165) is 12.5 Å². The van der Waals surface area contributed by atoms with E-state index < -0.39 is 5.97 Å². The average Bonchev–Trinajstić information content (AvgIpc) is 2.34. The van der Waals surface area contributed by atoms with Crippen molar-refractivity contribution in [3.63, 3.8) is 0 Å². The Morgan fingerprint density at radius 1 is 1.50 bits per heavy atom. The maximum absolute atomic E-state index is 10.3. The molecule has 0 fully saturated rings. The van der Waals surface area contributed by atoms with Crippen molar-refractivity contribution in [2.24, 2.45) is 0 Å². The van der Waals surface area contributed by atoms with E-state index >= 15 is 0 Å². The summed E-state index contributed by atoms with van der Waals surface area (Å²) in [6.07, 6.45) is 3.16. The van der Waals surface area contributed by atoms with E-state index in [1.54, 1.807) is 12.1 Å². The predicted molar refractivity (Wildman–Crippen MR) is 67.8 cm³/mol. The van der Waals surface area contributed by atoms with Crippen LogP contribution in [0.2, 0.25) is 5.02 Å². The number of hydrogen-bond acceptors (Lipinski definition) is 4. The molecule has 1 aromatic rings. The zero-order valence-corrected chi connectivity index (χ0v) is 11.0. The van der Waals surface area contributed by atoms with Crippen LogP contribution in [-0.2, 0) is 4.79 Å². The fraction of sp³-hybridized carbons (Fsp3) is 0.308. The normalized spacial score (nSPS) is 10.6. The van der Waals surface area contributed by atoms with Crippen molar-refractivity contribution in [2.45, 2.75) is 13.3 Å². The number of hydrogen-bond donors (Lipinski definition) is 0. The highest BCUT2D eigenvalue weighted by Crippen LogP contribution is 2.36. The summed E-state index contributed by atoms with van der Waals surface area (Å²) in [6, 6.07) is 3.25. The molecule has 0 saturated carbocycles. The molecule has 0 amide bonds. The molecular weight excluding hydrogens is 256 g/mol. The molecular formula is C13H14ClO4-. The molecule has 98 valence electrons. The molecule has 0 aromatic heterocycles. The minimum atomic E-state index is -1.27. The van der Waals surface area contributed by atoms with Gasteiger partial charge in [-0.05, 0) is 30.2 Å². The van der Waals surface area contributed by atoms with Gasteiger partial charge in [0.2, 0.25) is 0 Å². The minimum absolute atomic E-state index is 0.376. The van der Waals surface area contributed by atoms with Gasteiger partial charge in [0.25, 0.3) is 0 Å². The summed E-state index contributed by atoms with van der Waals surface area (Å²) < 4.78 is 10.6. The van der Waals surface area contributed by atoms with Crippen molar-refractivity contribution in [2.75, 3.05) is 13.7 Å². The van der Waals surface area contributed by atoms with Crippen LogP contribution >= 0.6 is 11.6 Å². The maximum Gasteiger partial charge on any atom is 0.179 e. The number of carboxylic acid groups (broad SMARTS) is 1. The van der Waals surface area contributed by atoms with Crippen LogP contribution in [-0.4, -0.2) is 19.7 Å². The Balaban J connectivity index is 3.06. The van der Waals surface area contributed by atoms with Crippen molar-refractivity contribution in [3.05, 3.63) is 28.8 Å². The quantitative estimate of drug-likeness (QED) is 0.740. The van der Waals surface area contributed by atoms with E-state index in [9.17, 15) is 9.90 Å². The molecule has 0 aliphatic heterocycles. The van der Waals surface area contributed by atoms with Gasteiger partial charge in [-0.2, -0.15) is 0 Å². The first kappa shape index (κ1) is 14.4. The van der Waals surface area contributed by atoms with Gasteiger partial charge in [-0.15, -0.1) is 0 Å². The first-order valence-corrected chi connectivity index (χ1v) is 5.85. The van der Waals surface area contributed by atoms with Crippen molar-refractivity contribution in [3.8, 4) is 11.5 Å². The van der Waals surface area contributed by atoms with Gasteiger partial charge in [0, 0.05) is 0 Å². The van der Waals surface area contributed by atoms with Gasteiger partial charge < -0.3 is 19.4 Å². The lowest BCUT2D eigenvalue weighted by Crippen LogP contribution is -2.18. The van der Waals surface area contributed by atoms with Crippen molar-refractivity contribution in [1.29, 1.82) is 0 Å². The van der Waals surface area contributed by atoms with Crippen molar-refractivity contribution < 1.29 is 19.4 Å². The van der Waals surface area contributed by atoms with Crippen LogP contribution in [0.3, 0.4) is 0 Å². The average molecular weight is 270 g/mol. The summed E-state index contributed by atoms with van der Waals surface area (Å²) in [5.74, 6) is -0.336. The number of methoxy groups -OCH3 is 1. The molecule has 1 aromatic carbocycles. The van der Waals surface area contributed by atoms with Crippen LogP contribution < -0.4 is 14.6 Å².